The van der Waals surface area contributed by atoms with Crippen LogP contribution in [0, 0.1) is 0 Å². The summed E-state index contributed by atoms with van der Waals surface area (Å²) >= 11 is 0. The molecule has 5 nitrogen and oxygen atoms in total. The first-order valence-corrected chi connectivity index (χ1v) is 6.81. The second-order valence-electron chi connectivity index (χ2n) is 4.55. The summed E-state index contributed by atoms with van der Waals surface area (Å²) in [7, 11) is 2.03. The van der Waals surface area contributed by atoms with Gasteiger partial charge in [0.05, 0.1) is 6.61 Å². The smallest absolute Gasteiger partial charge is 0.396 e. The summed E-state index contributed by atoms with van der Waals surface area (Å²) < 4.78 is 4.60. The van der Waals surface area contributed by atoms with Crippen LogP contribution in [0.3, 0.4) is 0 Å². The zero-order chi connectivity index (χ0) is 14.8. The fourth-order valence-corrected chi connectivity index (χ4v) is 1.79. The number of ether oxygens (including phenoxy) is 1. The van der Waals surface area contributed by atoms with E-state index in [-0.39, 0.29) is 6.61 Å². The fourth-order valence-electron chi connectivity index (χ4n) is 1.79. The lowest BCUT2D eigenvalue weighted by Crippen LogP contribution is -2.34. The molecule has 0 fully saturated rings. The third-order valence-corrected chi connectivity index (χ3v) is 2.76. The minimum atomic E-state index is -0.815. The van der Waals surface area contributed by atoms with Crippen molar-refractivity contribution in [1.82, 2.24) is 10.2 Å². The number of carbonyl (C=O) groups is 2. The molecule has 1 aromatic rings. The SMILES string of the molecule is CCOC(=O)C(=O)NCCCN(C)Cc1ccccc1. The van der Waals surface area contributed by atoms with Gasteiger partial charge in [0.1, 0.15) is 0 Å². The molecular weight excluding hydrogens is 256 g/mol. The van der Waals surface area contributed by atoms with Crippen molar-refractivity contribution in [1.29, 1.82) is 0 Å². The Kier molecular flexibility index (Phi) is 7.35. The zero-order valence-electron chi connectivity index (χ0n) is 12.1. The summed E-state index contributed by atoms with van der Waals surface area (Å²) in [5, 5.41) is 2.55. The van der Waals surface area contributed by atoms with Crippen LogP contribution in [0.15, 0.2) is 30.3 Å². The van der Waals surface area contributed by atoms with Gasteiger partial charge in [-0.1, -0.05) is 30.3 Å². The minimum Gasteiger partial charge on any atom is -0.459 e. The van der Waals surface area contributed by atoms with Gasteiger partial charge in [-0.15, -0.1) is 0 Å². The lowest BCUT2D eigenvalue weighted by Gasteiger charge is -2.16. The van der Waals surface area contributed by atoms with Crippen LogP contribution in [0.2, 0.25) is 0 Å². The number of hydrogen-bond acceptors (Lipinski definition) is 4. The van der Waals surface area contributed by atoms with E-state index < -0.39 is 11.9 Å². The molecule has 0 aliphatic rings. The average molecular weight is 278 g/mol. The normalized spacial score (nSPS) is 10.3. The van der Waals surface area contributed by atoms with Crippen LogP contribution in [0.1, 0.15) is 18.9 Å². The van der Waals surface area contributed by atoms with Gasteiger partial charge in [0, 0.05) is 13.1 Å². The number of carbonyl (C=O) groups excluding carboxylic acids is 2. The number of nitrogens with one attached hydrogen (secondary N) is 1. The van der Waals surface area contributed by atoms with Crippen LogP contribution in [-0.2, 0) is 20.9 Å². The fraction of sp³-hybridized carbons (Fsp3) is 0.467. The number of esters is 1. The van der Waals surface area contributed by atoms with Crippen LogP contribution in [0.4, 0.5) is 0 Å². The highest BCUT2D eigenvalue weighted by molar-refractivity contribution is 6.32. The van der Waals surface area contributed by atoms with Crippen molar-refractivity contribution in [2.24, 2.45) is 0 Å². The van der Waals surface area contributed by atoms with Crippen LogP contribution >= 0.6 is 0 Å². The molecule has 0 aliphatic carbocycles. The molecule has 1 aromatic carbocycles. The van der Waals surface area contributed by atoms with E-state index >= 15 is 0 Å². The van der Waals surface area contributed by atoms with Crippen molar-refractivity contribution in [3.05, 3.63) is 35.9 Å². The van der Waals surface area contributed by atoms with E-state index in [4.69, 9.17) is 0 Å². The molecule has 0 radical (unpaired) electrons. The van der Waals surface area contributed by atoms with E-state index in [1.165, 1.54) is 5.56 Å². The topological polar surface area (TPSA) is 58.6 Å². The van der Waals surface area contributed by atoms with Crippen molar-refractivity contribution < 1.29 is 14.3 Å². The van der Waals surface area contributed by atoms with Gasteiger partial charge in [-0.3, -0.25) is 4.79 Å². The monoisotopic (exact) mass is 278 g/mol. The third-order valence-electron chi connectivity index (χ3n) is 2.76. The maximum absolute atomic E-state index is 11.3. The molecule has 0 bridgehead atoms. The van der Waals surface area contributed by atoms with Crippen molar-refractivity contribution in [2.45, 2.75) is 19.9 Å². The van der Waals surface area contributed by atoms with Gasteiger partial charge in [-0.2, -0.15) is 0 Å². The van der Waals surface area contributed by atoms with Crippen molar-refractivity contribution in [3.8, 4) is 0 Å². The number of amides is 1. The highest BCUT2D eigenvalue weighted by Gasteiger charge is 2.13. The van der Waals surface area contributed by atoms with Gasteiger partial charge in [-0.05, 0) is 32.5 Å². The largest absolute Gasteiger partial charge is 0.459 e. The first-order chi connectivity index (χ1) is 9.63. The van der Waals surface area contributed by atoms with Crippen LogP contribution in [-0.4, -0.2) is 43.5 Å². The van der Waals surface area contributed by atoms with E-state index in [0.29, 0.717) is 6.54 Å². The summed E-state index contributed by atoms with van der Waals surface area (Å²) in [6, 6.07) is 10.2. The summed E-state index contributed by atoms with van der Waals surface area (Å²) in [6.45, 7) is 4.07. The number of benzene rings is 1. The van der Waals surface area contributed by atoms with Gasteiger partial charge in [0.25, 0.3) is 0 Å². The summed E-state index contributed by atoms with van der Waals surface area (Å²) in [5.41, 5.74) is 1.26. The molecule has 0 atom stereocenters. The van der Waals surface area contributed by atoms with Crippen molar-refractivity contribution in [3.63, 3.8) is 0 Å². The van der Waals surface area contributed by atoms with Crippen molar-refractivity contribution >= 4 is 11.9 Å². The molecule has 0 aliphatic heterocycles. The maximum atomic E-state index is 11.3. The molecule has 0 spiro atoms. The Bertz CT molecular complexity index is 420. The number of rotatable bonds is 7. The molecule has 0 aromatic heterocycles. The van der Waals surface area contributed by atoms with Gasteiger partial charge < -0.3 is 15.0 Å². The van der Waals surface area contributed by atoms with E-state index in [1.807, 2.05) is 25.2 Å². The second kappa shape index (κ2) is 9.09. The van der Waals surface area contributed by atoms with Gasteiger partial charge in [0.2, 0.25) is 0 Å². The molecule has 110 valence electrons. The number of hydrogen-bond donors (Lipinski definition) is 1. The number of nitrogens with zero attached hydrogens (tertiary/aromatic N) is 1. The molecule has 1 rings (SSSR count). The molecular formula is C15H22N2O3. The van der Waals surface area contributed by atoms with Gasteiger partial charge in [-0.25, -0.2) is 4.79 Å². The van der Waals surface area contributed by atoms with Crippen molar-refractivity contribution in [2.75, 3.05) is 26.7 Å². The summed E-state index contributed by atoms with van der Waals surface area (Å²) in [6.07, 6.45) is 0.786. The molecule has 1 N–H and O–H groups in total. The quantitative estimate of drug-likeness (QED) is 0.462. The molecule has 0 unspecified atom stereocenters. The zero-order valence-corrected chi connectivity index (χ0v) is 12.1. The first kappa shape index (κ1) is 16.2. The predicted octanol–water partition coefficient (Wildman–Crippen LogP) is 1.19. The predicted molar refractivity (Wildman–Crippen MR) is 77.0 cm³/mol. The van der Waals surface area contributed by atoms with E-state index in [1.54, 1.807) is 6.92 Å². The van der Waals surface area contributed by atoms with Crippen LogP contribution in [0.5, 0.6) is 0 Å². The Hall–Kier alpha value is -1.88. The lowest BCUT2D eigenvalue weighted by molar-refractivity contribution is -0.154. The average Bonchev–Trinajstić information content (AvgIpc) is 2.44. The standard InChI is InChI=1S/C15H22N2O3/c1-3-20-15(19)14(18)16-10-7-11-17(2)12-13-8-5-4-6-9-13/h4-6,8-9H,3,7,10-12H2,1-2H3,(H,16,18). The first-order valence-electron chi connectivity index (χ1n) is 6.81. The Morgan fingerprint density at radius 3 is 2.60 bits per heavy atom. The van der Waals surface area contributed by atoms with Crippen LogP contribution < -0.4 is 5.32 Å². The molecule has 20 heavy (non-hydrogen) atoms. The third kappa shape index (κ3) is 6.33. The highest BCUT2D eigenvalue weighted by Crippen LogP contribution is 2.02. The Labute approximate surface area is 119 Å². The maximum Gasteiger partial charge on any atom is 0.396 e. The molecule has 1 amide bonds. The van der Waals surface area contributed by atoms with Gasteiger partial charge >= 0.3 is 11.9 Å². The van der Waals surface area contributed by atoms with Crippen LogP contribution in [0.25, 0.3) is 0 Å². The molecule has 0 saturated carbocycles. The van der Waals surface area contributed by atoms with E-state index in [2.05, 4.69) is 27.1 Å². The summed E-state index contributed by atoms with van der Waals surface area (Å²) in [4.78, 5) is 24.5. The van der Waals surface area contributed by atoms with Gasteiger partial charge in [0.15, 0.2) is 0 Å². The van der Waals surface area contributed by atoms with E-state index in [9.17, 15) is 9.59 Å². The molecule has 0 saturated heterocycles. The van der Waals surface area contributed by atoms with E-state index in [0.717, 1.165) is 19.5 Å². The minimum absolute atomic E-state index is 0.214. The lowest BCUT2D eigenvalue weighted by atomic mass is 10.2. The Morgan fingerprint density at radius 1 is 1.25 bits per heavy atom. The summed E-state index contributed by atoms with van der Waals surface area (Å²) in [5.74, 6) is -1.48. The molecule has 5 heteroatoms. The second-order valence-corrected chi connectivity index (χ2v) is 4.55. The Balaban J connectivity index is 2.15. The Morgan fingerprint density at radius 2 is 1.95 bits per heavy atom. The molecule has 0 heterocycles. The highest BCUT2D eigenvalue weighted by atomic mass is 16.5.